The maximum atomic E-state index is 12.7. The van der Waals surface area contributed by atoms with E-state index in [2.05, 4.69) is 0 Å². The van der Waals surface area contributed by atoms with Crippen molar-refractivity contribution in [3.8, 4) is 0 Å². The molecule has 0 bridgehead atoms. The second-order valence-electron chi connectivity index (χ2n) is 3.69. The number of alkyl halides is 2. The zero-order chi connectivity index (χ0) is 8.22. The summed E-state index contributed by atoms with van der Waals surface area (Å²) in [7, 11) is 0. The number of fused-ring (bicyclic) bond motifs is 1. The van der Waals surface area contributed by atoms with E-state index < -0.39 is 17.8 Å². The highest BCUT2D eigenvalue weighted by molar-refractivity contribution is 5.11. The Bertz CT molecular complexity index is 165. The average molecular weight is 162 g/mol. The first-order valence-corrected chi connectivity index (χ1v) is 3.92. The minimum atomic E-state index is -2.45. The standard InChI is InChI=1S/C7H12F2N2/c8-7(9)3-1-5(10)6(11)2-4(3)7/h3-6H,1-2,10-11H2/t3?,4?,5-,6-/m0/s1. The monoisotopic (exact) mass is 162 g/mol. The van der Waals surface area contributed by atoms with Crippen LogP contribution in [0.4, 0.5) is 8.78 Å². The summed E-state index contributed by atoms with van der Waals surface area (Å²) >= 11 is 0. The van der Waals surface area contributed by atoms with Crippen LogP contribution in [0.3, 0.4) is 0 Å². The van der Waals surface area contributed by atoms with Crippen molar-refractivity contribution in [2.45, 2.75) is 30.8 Å². The van der Waals surface area contributed by atoms with Gasteiger partial charge in [0.2, 0.25) is 0 Å². The molecule has 2 aliphatic carbocycles. The molecule has 0 aliphatic heterocycles. The van der Waals surface area contributed by atoms with E-state index in [4.69, 9.17) is 11.5 Å². The third kappa shape index (κ3) is 0.891. The summed E-state index contributed by atoms with van der Waals surface area (Å²) in [5, 5.41) is 0. The highest BCUT2D eigenvalue weighted by atomic mass is 19.3. The van der Waals surface area contributed by atoms with Crippen molar-refractivity contribution in [1.29, 1.82) is 0 Å². The van der Waals surface area contributed by atoms with Crippen molar-refractivity contribution in [2.24, 2.45) is 23.3 Å². The van der Waals surface area contributed by atoms with Crippen molar-refractivity contribution in [3.63, 3.8) is 0 Å². The second-order valence-corrected chi connectivity index (χ2v) is 3.69. The molecule has 0 aromatic rings. The summed E-state index contributed by atoms with van der Waals surface area (Å²) in [5.74, 6) is -3.37. The molecular formula is C7H12F2N2. The van der Waals surface area contributed by atoms with Gasteiger partial charge in [0.25, 0.3) is 5.92 Å². The highest BCUT2D eigenvalue weighted by Gasteiger charge is 2.69. The van der Waals surface area contributed by atoms with Crippen molar-refractivity contribution in [2.75, 3.05) is 0 Å². The van der Waals surface area contributed by atoms with Gasteiger partial charge in [0.1, 0.15) is 0 Å². The Balaban J connectivity index is 2.07. The molecule has 64 valence electrons. The molecule has 0 radical (unpaired) electrons. The van der Waals surface area contributed by atoms with E-state index in [1.165, 1.54) is 0 Å². The highest BCUT2D eigenvalue weighted by Crippen LogP contribution is 2.61. The molecule has 0 spiro atoms. The minimum Gasteiger partial charge on any atom is -0.326 e. The number of hydrogen-bond acceptors (Lipinski definition) is 2. The molecule has 4 heteroatoms. The van der Waals surface area contributed by atoms with Gasteiger partial charge in [0.15, 0.2) is 0 Å². The molecule has 0 heterocycles. The van der Waals surface area contributed by atoms with E-state index in [1.54, 1.807) is 0 Å². The molecule has 2 nitrogen and oxygen atoms in total. The zero-order valence-corrected chi connectivity index (χ0v) is 6.13. The molecule has 4 atom stereocenters. The van der Waals surface area contributed by atoms with Gasteiger partial charge in [-0.25, -0.2) is 8.78 Å². The Morgan fingerprint density at radius 1 is 1.00 bits per heavy atom. The Morgan fingerprint density at radius 2 is 1.36 bits per heavy atom. The van der Waals surface area contributed by atoms with Crippen LogP contribution in [0.2, 0.25) is 0 Å². The molecule has 2 unspecified atom stereocenters. The molecule has 2 saturated carbocycles. The molecule has 4 N–H and O–H groups in total. The van der Waals surface area contributed by atoms with E-state index >= 15 is 0 Å². The molecular weight excluding hydrogens is 150 g/mol. The zero-order valence-electron chi connectivity index (χ0n) is 6.13. The summed E-state index contributed by atoms with van der Waals surface area (Å²) in [6.45, 7) is 0. The summed E-state index contributed by atoms with van der Waals surface area (Å²) in [6.07, 6.45) is 0.803. The van der Waals surface area contributed by atoms with Crippen LogP contribution in [-0.4, -0.2) is 18.0 Å². The van der Waals surface area contributed by atoms with Crippen LogP contribution in [0.5, 0.6) is 0 Å². The lowest BCUT2D eigenvalue weighted by molar-refractivity contribution is 0.0846. The van der Waals surface area contributed by atoms with Gasteiger partial charge in [0.05, 0.1) is 0 Å². The van der Waals surface area contributed by atoms with E-state index in [1.807, 2.05) is 0 Å². The van der Waals surface area contributed by atoms with Crippen LogP contribution in [-0.2, 0) is 0 Å². The summed E-state index contributed by atoms with van der Waals surface area (Å²) in [4.78, 5) is 0. The summed E-state index contributed by atoms with van der Waals surface area (Å²) in [6, 6.07) is -0.436. The Morgan fingerprint density at radius 3 is 1.73 bits per heavy atom. The fraction of sp³-hybridized carbons (Fsp3) is 1.00. The van der Waals surface area contributed by atoms with E-state index in [0.29, 0.717) is 12.8 Å². The van der Waals surface area contributed by atoms with Gasteiger partial charge in [-0.05, 0) is 12.8 Å². The van der Waals surface area contributed by atoms with Crippen LogP contribution in [0, 0.1) is 11.8 Å². The molecule has 0 aromatic heterocycles. The maximum Gasteiger partial charge on any atom is 0.254 e. The first kappa shape index (κ1) is 7.43. The molecule has 11 heavy (non-hydrogen) atoms. The SMILES string of the molecule is N[C@H]1CC2C(C[C@@H]1N)C2(F)F. The topological polar surface area (TPSA) is 52.0 Å². The van der Waals surface area contributed by atoms with Crippen LogP contribution in [0.25, 0.3) is 0 Å². The molecule has 0 amide bonds. The predicted octanol–water partition coefficient (Wildman–Crippen LogP) is 0.316. The molecule has 0 aromatic carbocycles. The first-order chi connectivity index (χ1) is 5.03. The molecule has 2 rings (SSSR count). The Kier molecular flexibility index (Phi) is 1.30. The second kappa shape index (κ2) is 1.93. The van der Waals surface area contributed by atoms with Crippen molar-refractivity contribution < 1.29 is 8.78 Å². The largest absolute Gasteiger partial charge is 0.326 e. The normalized spacial score (nSPS) is 53.5. The maximum absolute atomic E-state index is 12.7. The number of rotatable bonds is 0. The average Bonchev–Trinajstić information content (AvgIpc) is 2.39. The van der Waals surface area contributed by atoms with Gasteiger partial charge < -0.3 is 11.5 Å². The van der Waals surface area contributed by atoms with E-state index in [0.717, 1.165) is 0 Å². The lowest BCUT2D eigenvalue weighted by Gasteiger charge is -2.22. The van der Waals surface area contributed by atoms with Gasteiger partial charge in [-0.2, -0.15) is 0 Å². The van der Waals surface area contributed by atoms with E-state index in [9.17, 15) is 8.78 Å². The van der Waals surface area contributed by atoms with Crippen molar-refractivity contribution >= 4 is 0 Å². The molecule has 0 saturated heterocycles. The lowest BCUT2D eigenvalue weighted by Crippen LogP contribution is -2.44. The Labute approximate surface area is 63.9 Å². The van der Waals surface area contributed by atoms with Crippen LogP contribution in [0.15, 0.2) is 0 Å². The molecule has 2 fully saturated rings. The van der Waals surface area contributed by atoms with Crippen LogP contribution >= 0.6 is 0 Å². The van der Waals surface area contributed by atoms with Gasteiger partial charge in [-0.3, -0.25) is 0 Å². The summed E-state index contributed by atoms with van der Waals surface area (Å²) in [5.41, 5.74) is 11.1. The van der Waals surface area contributed by atoms with Crippen molar-refractivity contribution in [1.82, 2.24) is 0 Å². The van der Waals surface area contributed by atoms with Gasteiger partial charge >= 0.3 is 0 Å². The fourth-order valence-electron chi connectivity index (χ4n) is 2.04. The minimum absolute atomic E-state index is 0.218. The smallest absolute Gasteiger partial charge is 0.254 e. The predicted molar refractivity (Wildman–Crippen MR) is 37.1 cm³/mol. The number of halogens is 2. The van der Waals surface area contributed by atoms with Gasteiger partial charge in [-0.1, -0.05) is 0 Å². The molecule has 2 aliphatic rings. The fourth-order valence-corrected chi connectivity index (χ4v) is 2.04. The van der Waals surface area contributed by atoms with Crippen LogP contribution in [0.1, 0.15) is 12.8 Å². The van der Waals surface area contributed by atoms with Gasteiger partial charge in [-0.15, -0.1) is 0 Å². The first-order valence-electron chi connectivity index (χ1n) is 3.92. The number of hydrogen-bond donors (Lipinski definition) is 2. The lowest BCUT2D eigenvalue weighted by atomic mass is 9.92. The van der Waals surface area contributed by atoms with E-state index in [-0.39, 0.29) is 12.1 Å². The third-order valence-corrected chi connectivity index (χ3v) is 2.97. The van der Waals surface area contributed by atoms with Crippen molar-refractivity contribution in [3.05, 3.63) is 0 Å². The third-order valence-electron chi connectivity index (χ3n) is 2.97. The summed E-state index contributed by atoms with van der Waals surface area (Å²) < 4.78 is 25.5. The number of nitrogens with two attached hydrogens (primary N) is 2. The quantitative estimate of drug-likeness (QED) is 0.538. The van der Waals surface area contributed by atoms with Gasteiger partial charge in [0, 0.05) is 23.9 Å². The van der Waals surface area contributed by atoms with Crippen LogP contribution < -0.4 is 11.5 Å². The Hall–Kier alpha value is -0.220.